The number of unbranched alkanes of at least 4 members (excludes halogenated alkanes) is 1. The van der Waals surface area contributed by atoms with Crippen LogP contribution in [0.25, 0.3) is 0 Å². The number of carbonyl (C=O) groups excluding carboxylic acids is 2. The third-order valence-electron chi connectivity index (χ3n) is 12.9. The van der Waals surface area contributed by atoms with Crippen molar-refractivity contribution >= 4 is 11.9 Å². The van der Waals surface area contributed by atoms with E-state index in [1.807, 2.05) is 0 Å². The molecule has 7 heteroatoms. The van der Waals surface area contributed by atoms with Gasteiger partial charge in [-0.15, -0.1) is 0 Å². The van der Waals surface area contributed by atoms with E-state index in [2.05, 4.69) is 31.3 Å². The molecule has 1 spiro atoms. The molecule has 0 amide bonds. The smallest absolute Gasteiger partial charge is 0.340 e. The van der Waals surface area contributed by atoms with Crippen LogP contribution in [0.2, 0.25) is 0 Å². The van der Waals surface area contributed by atoms with E-state index in [4.69, 9.17) is 15.2 Å². The molecule has 2 saturated heterocycles. The second-order valence-electron chi connectivity index (χ2n) is 14.9. The molecule has 8 rings (SSSR count). The zero-order valence-corrected chi connectivity index (χ0v) is 26.8. The number of ether oxygens (including phenoxy) is 2. The molecule has 0 aromatic rings. The number of hydrogen-bond acceptors (Lipinski definition) is 7. The summed E-state index contributed by atoms with van der Waals surface area (Å²) in [5.74, 6) is 2.15. The minimum Gasteiger partial charge on any atom is -0.427 e. The van der Waals surface area contributed by atoms with E-state index in [0.29, 0.717) is 12.3 Å². The topological polar surface area (TPSA) is 111 Å². The third kappa shape index (κ3) is 4.62. The predicted octanol–water partition coefficient (Wildman–Crippen LogP) is 6.34. The van der Waals surface area contributed by atoms with Gasteiger partial charge in [0.05, 0.1) is 17.2 Å². The lowest BCUT2D eigenvalue weighted by molar-refractivity contribution is -0.135. The lowest BCUT2D eigenvalue weighted by atomic mass is 9.43. The molecule has 5 aliphatic carbocycles. The molecule has 2 bridgehead atoms. The van der Waals surface area contributed by atoms with Gasteiger partial charge in [0.25, 0.3) is 0 Å². The number of aliphatic hydroxyl groups excluding tert-OH is 1. The molecule has 7 nitrogen and oxygen atoms in total. The molecule has 3 aliphatic heterocycles. The number of hydrogen-bond donors (Lipinski definition) is 3. The highest BCUT2D eigenvalue weighted by Crippen LogP contribution is 2.72. The quantitative estimate of drug-likeness (QED) is 0.263. The number of nitrogens with two attached hydrogens (primary N) is 1. The molecule has 2 unspecified atom stereocenters. The molecule has 3 heterocycles. The van der Waals surface area contributed by atoms with Crippen LogP contribution in [0.4, 0.5) is 0 Å². The Bertz CT molecular complexity index is 1320. The highest BCUT2D eigenvalue weighted by Gasteiger charge is 2.69. The van der Waals surface area contributed by atoms with Crippen LogP contribution in [0.15, 0.2) is 46.0 Å². The van der Waals surface area contributed by atoms with Gasteiger partial charge >= 0.3 is 11.9 Å². The van der Waals surface area contributed by atoms with Gasteiger partial charge in [-0.25, -0.2) is 9.59 Å². The highest BCUT2D eigenvalue weighted by atomic mass is 16.5. The zero-order valence-electron chi connectivity index (χ0n) is 26.8. The maximum absolute atomic E-state index is 14.2. The number of fused-ring (bicyclic) bond motifs is 1. The Hall–Kier alpha value is -2.22. The minimum atomic E-state index is -0.612. The first-order chi connectivity index (χ1) is 21.4. The first kappa shape index (κ1) is 30.4. The standard InChI is InChI=1S/C37H52N2O5/c1-3-5-10-28-37-17-13-24(30(33(37)35(42)44-28)23(9-8-19-40)22-14-18-39-29(38)20-22)25-11-12-26-27(43-34(41)31(26)32(25)37)21-36(4-2)15-6-7-16-36/h10,21-25,29,32,39-40H,3-9,11-20,38H2,1-2H3/t22?,23-,24+,25-,29?,32-,37+/m1/s1. The summed E-state index contributed by atoms with van der Waals surface area (Å²) in [6.45, 7) is 5.42. The molecule has 8 aliphatic rings. The van der Waals surface area contributed by atoms with Gasteiger partial charge in [0.2, 0.25) is 0 Å². The van der Waals surface area contributed by atoms with Gasteiger partial charge in [0.1, 0.15) is 11.5 Å². The second-order valence-corrected chi connectivity index (χ2v) is 14.9. The summed E-state index contributed by atoms with van der Waals surface area (Å²) in [6.07, 6.45) is 19.2. The van der Waals surface area contributed by atoms with Gasteiger partial charge < -0.3 is 25.6 Å². The lowest BCUT2D eigenvalue weighted by Gasteiger charge is -2.58. The molecule has 2 saturated carbocycles. The number of esters is 2. The van der Waals surface area contributed by atoms with E-state index in [9.17, 15) is 14.7 Å². The van der Waals surface area contributed by atoms with Gasteiger partial charge in [-0.2, -0.15) is 0 Å². The van der Waals surface area contributed by atoms with E-state index in [1.54, 1.807) is 0 Å². The largest absolute Gasteiger partial charge is 0.427 e. The zero-order chi connectivity index (χ0) is 30.6. The maximum atomic E-state index is 14.2. The monoisotopic (exact) mass is 604 g/mol. The third-order valence-corrected chi connectivity index (χ3v) is 12.9. The molecular weight excluding hydrogens is 552 g/mol. The van der Waals surface area contributed by atoms with Crippen molar-refractivity contribution in [2.75, 3.05) is 13.2 Å². The Balaban J connectivity index is 1.39. The van der Waals surface area contributed by atoms with Crippen molar-refractivity contribution in [3.05, 3.63) is 46.0 Å². The summed E-state index contributed by atoms with van der Waals surface area (Å²) in [5.41, 5.74) is 10.0. The number of allylic oxidation sites excluding steroid dienone is 5. The van der Waals surface area contributed by atoms with Crippen molar-refractivity contribution < 1.29 is 24.2 Å². The van der Waals surface area contributed by atoms with E-state index in [1.165, 1.54) is 18.4 Å². The number of cyclic esters (lactones) is 2. The predicted molar refractivity (Wildman–Crippen MR) is 168 cm³/mol. The molecule has 4 N–H and O–H groups in total. The number of carbonyl (C=O) groups is 2. The number of aliphatic hydroxyl groups is 1. The van der Waals surface area contributed by atoms with Crippen LogP contribution < -0.4 is 11.1 Å². The van der Waals surface area contributed by atoms with Crippen molar-refractivity contribution in [2.24, 2.45) is 46.2 Å². The Morgan fingerprint density at radius 3 is 2.64 bits per heavy atom. The molecule has 0 aromatic heterocycles. The molecule has 44 heavy (non-hydrogen) atoms. The van der Waals surface area contributed by atoms with Crippen molar-refractivity contribution in [3.8, 4) is 0 Å². The molecule has 0 aromatic carbocycles. The van der Waals surface area contributed by atoms with Crippen LogP contribution in [0.5, 0.6) is 0 Å². The Morgan fingerprint density at radius 1 is 1.09 bits per heavy atom. The summed E-state index contributed by atoms with van der Waals surface area (Å²) in [6, 6.07) is 0. The summed E-state index contributed by atoms with van der Waals surface area (Å²) in [7, 11) is 0. The highest BCUT2D eigenvalue weighted by molar-refractivity contribution is 6.00. The number of nitrogens with one attached hydrogen (secondary N) is 1. The van der Waals surface area contributed by atoms with Crippen LogP contribution in [0.3, 0.4) is 0 Å². The van der Waals surface area contributed by atoms with E-state index in [-0.39, 0.29) is 53.8 Å². The van der Waals surface area contributed by atoms with E-state index in [0.717, 1.165) is 112 Å². The fourth-order valence-electron chi connectivity index (χ4n) is 10.9. The van der Waals surface area contributed by atoms with Gasteiger partial charge in [-0.3, -0.25) is 0 Å². The molecule has 7 atom stereocenters. The second kappa shape index (κ2) is 11.9. The molecule has 4 fully saturated rings. The van der Waals surface area contributed by atoms with Gasteiger partial charge in [0.15, 0.2) is 0 Å². The number of piperidine rings is 1. The van der Waals surface area contributed by atoms with E-state index < -0.39 is 5.41 Å². The average molecular weight is 605 g/mol. The van der Waals surface area contributed by atoms with Crippen molar-refractivity contribution in [1.29, 1.82) is 0 Å². The normalized spacial score (nSPS) is 38.2. The van der Waals surface area contributed by atoms with Crippen molar-refractivity contribution in [2.45, 2.75) is 116 Å². The van der Waals surface area contributed by atoms with Gasteiger partial charge in [-0.05, 0) is 125 Å². The lowest BCUT2D eigenvalue weighted by Crippen LogP contribution is -2.54. The summed E-state index contributed by atoms with van der Waals surface area (Å²) < 4.78 is 12.5. The first-order valence-corrected chi connectivity index (χ1v) is 17.8. The van der Waals surface area contributed by atoms with Crippen LogP contribution in [0, 0.1) is 40.4 Å². The Labute approximate surface area is 262 Å². The minimum absolute atomic E-state index is 0.0545. The molecule has 240 valence electrons. The first-order valence-electron chi connectivity index (χ1n) is 17.8. The fourth-order valence-corrected chi connectivity index (χ4v) is 10.9. The fraction of sp³-hybridized carbons (Fsp3) is 0.730. The SMILES string of the molecule is CCCC=C1OC(=O)C2=C([C@H](CCCO)C3CCNC(N)C3)[C@H]3CC[C@@]12[C@H]1C2=C(CC[C@H]31)C(=CC1(CC)CCCC1)OC2=O. The summed E-state index contributed by atoms with van der Waals surface area (Å²) in [5, 5.41) is 13.3. The van der Waals surface area contributed by atoms with Gasteiger partial charge in [0, 0.05) is 23.7 Å². The van der Waals surface area contributed by atoms with Crippen LogP contribution >= 0.6 is 0 Å². The molecule has 0 radical (unpaired) electrons. The summed E-state index contributed by atoms with van der Waals surface area (Å²) in [4.78, 5) is 28.2. The summed E-state index contributed by atoms with van der Waals surface area (Å²) >= 11 is 0. The molecular formula is C37H52N2O5. The Morgan fingerprint density at radius 2 is 1.91 bits per heavy atom. The van der Waals surface area contributed by atoms with Crippen LogP contribution in [-0.2, 0) is 19.1 Å². The van der Waals surface area contributed by atoms with Gasteiger partial charge in [-0.1, -0.05) is 38.7 Å². The Kier molecular flexibility index (Phi) is 8.20. The van der Waals surface area contributed by atoms with Crippen molar-refractivity contribution in [3.63, 3.8) is 0 Å². The maximum Gasteiger partial charge on any atom is 0.340 e. The van der Waals surface area contributed by atoms with Crippen LogP contribution in [0.1, 0.15) is 110 Å². The van der Waals surface area contributed by atoms with E-state index >= 15 is 0 Å². The number of rotatable bonds is 9. The van der Waals surface area contributed by atoms with Crippen molar-refractivity contribution in [1.82, 2.24) is 5.32 Å². The van der Waals surface area contributed by atoms with Crippen LogP contribution in [-0.4, -0.2) is 36.4 Å². The average Bonchev–Trinajstić information content (AvgIpc) is 3.71.